The summed E-state index contributed by atoms with van der Waals surface area (Å²) in [6, 6.07) is 18.1. The molecular formula is C20H16N4. The molecule has 0 saturated heterocycles. The minimum atomic E-state index is 0.516. The second-order valence-electron chi connectivity index (χ2n) is 5.63. The Labute approximate surface area is 140 Å². The summed E-state index contributed by atoms with van der Waals surface area (Å²) in [7, 11) is 0. The number of rotatable bonds is 3. The predicted molar refractivity (Wildman–Crippen MR) is 97.3 cm³/mol. The molecule has 116 valence electrons. The molecule has 0 atom stereocenters. The summed E-state index contributed by atoms with van der Waals surface area (Å²) in [6.45, 7) is 0. The van der Waals surface area contributed by atoms with E-state index in [1.165, 1.54) is 0 Å². The molecule has 4 nitrogen and oxygen atoms in total. The van der Waals surface area contributed by atoms with Gasteiger partial charge in [-0.05, 0) is 41.0 Å². The number of nitrogens with two attached hydrogens (primary N) is 1. The average Bonchev–Trinajstić information content (AvgIpc) is 3.09. The zero-order chi connectivity index (χ0) is 16.4. The quantitative estimate of drug-likeness (QED) is 0.799. The van der Waals surface area contributed by atoms with E-state index < -0.39 is 0 Å². The smallest absolute Gasteiger partial charge is 0.123 e. The van der Waals surface area contributed by atoms with Crippen molar-refractivity contribution < 1.29 is 0 Å². The topological polar surface area (TPSA) is 64.2 Å². The first-order chi connectivity index (χ1) is 11.8. The van der Waals surface area contributed by atoms with E-state index in [1.54, 1.807) is 18.6 Å². The molecule has 3 heterocycles. The van der Waals surface area contributed by atoms with Crippen LogP contribution in [-0.2, 0) is 0 Å². The van der Waals surface area contributed by atoms with Crippen LogP contribution in [0.3, 0.4) is 0 Å². The summed E-state index contributed by atoms with van der Waals surface area (Å²) < 4.78 is 0. The monoisotopic (exact) mass is 312 g/mol. The Morgan fingerprint density at radius 3 is 2.29 bits per heavy atom. The van der Waals surface area contributed by atoms with E-state index in [4.69, 9.17) is 10.7 Å². The Balaban J connectivity index is 1.83. The van der Waals surface area contributed by atoms with E-state index >= 15 is 0 Å². The summed E-state index contributed by atoms with van der Waals surface area (Å²) in [5, 5.41) is 0. The van der Waals surface area contributed by atoms with Crippen molar-refractivity contribution in [3.05, 3.63) is 89.9 Å². The number of hydrogen-bond acceptors (Lipinski definition) is 4. The van der Waals surface area contributed by atoms with Crippen molar-refractivity contribution in [3.63, 3.8) is 0 Å². The van der Waals surface area contributed by atoms with Crippen LogP contribution in [-0.4, -0.2) is 15.7 Å². The third-order valence-corrected chi connectivity index (χ3v) is 4.07. The second-order valence-corrected chi connectivity index (χ2v) is 5.63. The Morgan fingerprint density at radius 2 is 1.54 bits per heavy atom. The molecule has 3 aromatic rings. The van der Waals surface area contributed by atoms with E-state index in [0.29, 0.717) is 5.82 Å². The van der Waals surface area contributed by atoms with Crippen molar-refractivity contribution in [1.29, 1.82) is 0 Å². The number of allylic oxidation sites excluding steroid dienone is 1. The molecule has 0 spiro atoms. The fourth-order valence-electron chi connectivity index (χ4n) is 2.91. The Hall–Kier alpha value is -3.27. The molecule has 0 saturated carbocycles. The third kappa shape index (κ3) is 2.70. The minimum Gasteiger partial charge on any atom is -0.384 e. The van der Waals surface area contributed by atoms with Gasteiger partial charge in [0.15, 0.2) is 0 Å². The summed E-state index contributed by atoms with van der Waals surface area (Å²) in [6.07, 6.45) is 6.08. The van der Waals surface area contributed by atoms with Gasteiger partial charge in [0.05, 0.1) is 11.4 Å². The van der Waals surface area contributed by atoms with Crippen molar-refractivity contribution in [3.8, 4) is 0 Å². The molecule has 1 aliphatic heterocycles. The van der Waals surface area contributed by atoms with Crippen LogP contribution < -0.4 is 5.73 Å². The number of pyridine rings is 2. The highest BCUT2D eigenvalue weighted by Gasteiger charge is 2.21. The molecule has 4 heteroatoms. The molecule has 4 rings (SSSR count). The number of benzene rings is 1. The number of aliphatic imine (C=N–C) groups is 1. The van der Waals surface area contributed by atoms with Crippen LogP contribution in [0.15, 0.2) is 78.2 Å². The summed E-state index contributed by atoms with van der Waals surface area (Å²) in [5.41, 5.74) is 12.3. The molecule has 2 N–H and O–H groups in total. The maximum Gasteiger partial charge on any atom is 0.123 e. The normalized spacial score (nSPS) is 13.9. The van der Waals surface area contributed by atoms with Crippen molar-refractivity contribution in [1.82, 2.24) is 9.97 Å². The van der Waals surface area contributed by atoms with Crippen molar-refractivity contribution in [2.75, 3.05) is 5.73 Å². The van der Waals surface area contributed by atoms with Gasteiger partial charge in [0.25, 0.3) is 0 Å². The standard InChI is InChI=1S/C20H16N4/c21-19-12-16(8-11-23-19)17-13-18(14-4-2-1-3-5-14)24-20(17)15-6-9-22-10-7-15/h1-12H,13H2,(H2,21,23). The van der Waals surface area contributed by atoms with Crippen LogP contribution >= 0.6 is 0 Å². The fraction of sp³-hybridized carbons (Fsp3) is 0.0500. The molecule has 0 unspecified atom stereocenters. The lowest BCUT2D eigenvalue weighted by Gasteiger charge is -2.07. The zero-order valence-corrected chi connectivity index (χ0v) is 13.1. The van der Waals surface area contributed by atoms with E-state index in [-0.39, 0.29) is 0 Å². The number of nitrogen functional groups attached to an aromatic ring is 1. The summed E-state index contributed by atoms with van der Waals surface area (Å²) >= 11 is 0. The highest BCUT2D eigenvalue weighted by Crippen LogP contribution is 2.37. The van der Waals surface area contributed by atoms with Crippen molar-refractivity contribution >= 4 is 22.8 Å². The summed E-state index contributed by atoms with van der Waals surface area (Å²) in [5.74, 6) is 0.516. The second kappa shape index (κ2) is 6.08. The molecule has 24 heavy (non-hydrogen) atoms. The van der Waals surface area contributed by atoms with Crippen LogP contribution in [0.25, 0.3) is 11.3 Å². The lowest BCUT2D eigenvalue weighted by Crippen LogP contribution is -1.98. The maximum absolute atomic E-state index is 5.87. The first-order valence-electron chi connectivity index (χ1n) is 7.80. The van der Waals surface area contributed by atoms with E-state index in [9.17, 15) is 0 Å². The van der Waals surface area contributed by atoms with E-state index in [0.717, 1.165) is 40.1 Å². The molecule has 1 aromatic carbocycles. The van der Waals surface area contributed by atoms with Gasteiger partial charge in [0.1, 0.15) is 5.82 Å². The molecule has 0 aliphatic carbocycles. The predicted octanol–water partition coefficient (Wildman–Crippen LogP) is 3.82. The van der Waals surface area contributed by atoms with Gasteiger partial charge >= 0.3 is 0 Å². The van der Waals surface area contributed by atoms with E-state index in [2.05, 4.69) is 22.1 Å². The van der Waals surface area contributed by atoms with Crippen molar-refractivity contribution in [2.24, 2.45) is 4.99 Å². The first kappa shape index (κ1) is 14.3. The minimum absolute atomic E-state index is 0.516. The highest BCUT2D eigenvalue weighted by molar-refractivity contribution is 6.16. The zero-order valence-electron chi connectivity index (χ0n) is 13.1. The summed E-state index contributed by atoms with van der Waals surface area (Å²) in [4.78, 5) is 13.1. The molecule has 0 fully saturated rings. The van der Waals surface area contributed by atoms with Crippen LogP contribution in [0.1, 0.15) is 23.1 Å². The maximum atomic E-state index is 5.87. The van der Waals surface area contributed by atoms with Gasteiger partial charge < -0.3 is 5.73 Å². The van der Waals surface area contributed by atoms with Crippen LogP contribution in [0.5, 0.6) is 0 Å². The molecule has 0 amide bonds. The highest BCUT2D eigenvalue weighted by atomic mass is 14.8. The van der Waals surface area contributed by atoms with Gasteiger partial charge in [-0.25, -0.2) is 4.98 Å². The molecular weight excluding hydrogens is 296 g/mol. The number of anilines is 1. The van der Waals surface area contributed by atoms with Gasteiger partial charge in [0.2, 0.25) is 0 Å². The Kier molecular flexibility index (Phi) is 3.63. The molecule has 1 aliphatic rings. The van der Waals surface area contributed by atoms with Crippen LogP contribution in [0.4, 0.5) is 5.82 Å². The van der Waals surface area contributed by atoms with Gasteiger partial charge in [-0.2, -0.15) is 0 Å². The molecule has 0 bridgehead atoms. The lowest BCUT2D eigenvalue weighted by atomic mass is 9.97. The van der Waals surface area contributed by atoms with Crippen molar-refractivity contribution in [2.45, 2.75) is 6.42 Å². The number of hydrogen-bond donors (Lipinski definition) is 1. The van der Waals surface area contributed by atoms with Gasteiger partial charge in [-0.3, -0.25) is 9.98 Å². The molecule has 2 aromatic heterocycles. The average molecular weight is 312 g/mol. The SMILES string of the molecule is Nc1cc(C2=C(c3ccncc3)N=C(c3ccccc3)C2)ccn1. The molecule has 0 radical (unpaired) electrons. The number of aromatic nitrogens is 2. The number of nitrogens with zero attached hydrogens (tertiary/aromatic N) is 3. The van der Waals surface area contributed by atoms with E-state index in [1.807, 2.05) is 42.5 Å². The van der Waals surface area contributed by atoms with Crippen LogP contribution in [0, 0.1) is 0 Å². The Bertz CT molecular complexity index is 928. The fourth-order valence-corrected chi connectivity index (χ4v) is 2.91. The van der Waals surface area contributed by atoms with Gasteiger partial charge in [0, 0.05) is 30.6 Å². The first-order valence-corrected chi connectivity index (χ1v) is 7.80. The van der Waals surface area contributed by atoms with Crippen LogP contribution in [0.2, 0.25) is 0 Å². The lowest BCUT2D eigenvalue weighted by molar-refractivity contribution is 1.30. The largest absolute Gasteiger partial charge is 0.384 e. The Morgan fingerprint density at radius 1 is 0.792 bits per heavy atom. The third-order valence-electron chi connectivity index (χ3n) is 4.07. The van der Waals surface area contributed by atoms with Gasteiger partial charge in [-0.1, -0.05) is 30.3 Å². The van der Waals surface area contributed by atoms with Gasteiger partial charge in [-0.15, -0.1) is 0 Å².